The van der Waals surface area contributed by atoms with Crippen molar-refractivity contribution in [1.82, 2.24) is 4.98 Å². The van der Waals surface area contributed by atoms with Gasteiger partial charge in [0.15, 0.2) is 0 Å². The molecule has 116 valence electrons. The van der Waals surface area contributed by atoms with Crippen LogP contribution in [0.1, 0.15) is 31.1 Å². The Labute approximate surface area is 130 Å². The fourth-order valence-electron chi connectivity index (χ4n) is 2.01. The molecule has 0 aliphatic heterocycles. The third-order valence-electron chi connectivity index (χ3n) is 2.87. The van der Waals surface area contributed by atoms with E-state index < -0.39 is 0 Å². The second kappa shape index (κ2) is 6.47. The summed E-state index contributed by atoms with van der Waals surface area (Å²) in [7, 11) is 1.57. The van der Waals surface area contributed by atoms with Crippen molar-refractivity contribution in [2.45, 2.75) is 26.3 Å². The lowest BCUT2D eigenvalue weighted by Crippen LogP contribution is -2.26. The summed E-state index contributed by atoms with van der Waals surface area (Å²) in [5, 5.41) is 6.13. The van der Waals surface area contributed by atoms with E-state index in [1.54, 1.807) is 37.7 Å². The quantitative estimate of drug-likeness (QED) is 0.906. The number of methoxy groups -OCH3 is 1. The van der Waals surface area contributed by atoms with Crippen LogP contribution in [0.4, 0.5) is 11.4 Å². The van der Waals surface area contributed by atoms with E-state index in [-0.39, 0.29) is 11.4 Å². The topological polar surface area (TPSA) is 63.2 Å². The highest BCUT2D eigenvalue weighted by molar-refractivity contribution is 6.05. The molecule has 2 aromatic rings. The normalized spacial score (nSPS) is 10.9. The van der Waals surface area contributed by atoms with Gasteiger partial charge in [0.2, 0.25) is 0 Å². The van der Waals surface area contributed by atoms with Gasteiger partial charge in [-0.2, -0.15) is 0 Å². The van der Waals surface area contributed by atoms with Gasteiger partial charge in [-0.1, -0.05) is 12.1 Å². The lowest BCUT2D eigenvalue weighted by atomic mass is 10.1. The van der Waals surface area contributed by atoms with Crippen LogP contribution in [0.2, 0.25) is 0 Å². The highest BCUT2D eigenvalue weighted by Gasteiger charge is 2.13. The number of pyridine rings is 1. The number of para-hydroxylation sites is 2. The van der Waals surface area contributed by atoms with E-state index in [0.29, 0.717) is 17.0 Å². The highest BCUT2D eigenvalue weighted by Crippen LogP contribution is 2.24. The molecule has 0 spiro atoms. The second-order valence-electron chi connectivity index (χ2n) is 5.99. The summed E-state index contributed by atoms with van der Waals surface area (Å²) in [6.07, 6.45) is 3.24. The molecule has 5 heteroatoms. The average Bonchev–Trinajstić information content (AvgIpc) is 2.46. The molecule has 0 unspecified atom stereocenters. The van der Waals surface area contributed by atoms with E-state index in [1.165, 1.54) is 0 Å². The lowest BCUT2D eigenvalue weighted by Gasteiger charge is -2.22. The Kier molecular flexibility index (Phi) is 4.65. The molecule has 2 N–H and O–H groups in total. The van der Waals surface area contributed by atoms with Crippen LogP contribution in [-0.4, -0.2) is 23.5 Å². The van der Waals surface area contributed by atoms with E-state index in [2.05, 4.69) is 36.4 Å². The minimum Gasteiger partial charge on any atom is -0.495 e. The predicted molar refractivity (Wildman–Crippen MR) is 88.6 cm³/mol. The number of ether oxygens (including phenoxy) is 1. The molecular weight excluding hydrogens is 278 g/mol. The standard InChI is InChI=1S/C17H21N3O2/c1-17(2,3)20-13-9-12(10-18-11-13)16(21)19-14-7-5-6-8-15(14)22-4/h5-11,20H,1-4H3,(H,19,21). The Morgan fingerprint density at radius 2 is 1.91 bits per heavy atom. The van der Waals surface area contributed by atoms with Gasteiger partial charge in [-0.05, 0) is 39.0 Å². The van der Waals surface area contributed by atoms with Crippen molar-refractivity contribution in [3.63, 3.8) is 0 Å². The first kappa shape index (κ1) is 15.8. The van der Waals surface area contributed by atoms with Gasteiger partial charge < -0.3 is 15.4 Å². The zero-order chi connectivity index (χ0) is 16.2. The number of hydrogen-bond acceptors (Lipinski definition) is 4. The monoisotopic (exact) mass is 299 g/mol. The SMILES string of the molecule is COc1ccccc1NC(=O)c1cncc(NC(C)(C)C)c1. The maximum Gasteiger partial charge on any atom is 0.257 e. The van der Waals surface area contributed by atoms with Gasteiger partial charge in [-0.3, -0.25) is 9.78 Å². The predicted octanol–water partition coefficient (Wildman–Crippen LogP) is 3.55. The minimum atomic E-state index is -0.227. The van der Waals surface area contributed by atoms with Gasteiger partial charge in [-0.15, -0.1) is 0 Å². The molecule has 0 atom stereocenters. The van der Waals surface area contributed by atoms with Crippen molar-refractivity contribution < 1.29 is 9.53 Å². The number of amides is 1. The molecule has 0 bridgehead atoms. The molecule has 0 saturated heterocycles. The molecule has 2 rings (SSSR count). The maximum absolute atomic E-state index is 12.4. The van der Waals surface area contributed by atoms with Crippen LogP contribution in [0.25, 0.3) is 0 Å². The van der Waals surface area contributed by atoms with E-state index in [9.17, 15) is 4.79 Å². The number of carbonyl (C=O) groups is 1. The largest absolute Gasteiger partial charge is 0.495 e. The number of nitrogens with one attached hydrogen (secondary N) is 2. The summed E-state index contributed by atoms with van der Waals surface area (Å²) in [5.41, 5.74) is 1.82. The number of rotatable bonds is 4. The molecule has 22 heavy (non-hydrogen) atoms. The van der Waals surface area contributed by atoms with Gasteiger partial charge in [0.25, 0.3) is 5.91 Å². The van der Waals surface area contributed by atoms with Crippen molar-refractivity contribution in [3.8, 4) is 5.75 Å². The molecule has 1 amide bonds. The van der Waals surface area contributed by atoms with Crippen LogP contribution < -0.4 is 15.4 Å². The number of hydrogen-bond donors (Lipinski definition) is 2. The molecular formula is C17H21N3O2. The van der Waals surface area contributed by atoms with E-state index >= 15 is 0 Å². The van der Waals surface area contributed by atoms with Crippen LogP contribution in [0.5, 0.6) is 5.75 Å². The van der Waals surface area contributed by atoms with E-state index in [4.69, 9.17) is 4.74 Å². The smallest absolute Gasteiger partial charge is 0.257 e. The Hall–Kier alpha value is -2.56. The molecule has 0 fully saturated rings. The van der Waals surface area contributed by atoms with Gasteiger partial charge in [-0.25, -0.2) is 0 Å². The molecule has 0 radical (unpaired) electrons. The minimum absolute atomic E-state index is 0.0978. The zero-order valence-electron chi connectivity index (χ0n) is 13.3. The first-order valence-corrected chi connectivity index (χ1v) is 7.06. The van der Waals surface area contributed by atoms with Crippen molar-refractivity contribution in [1.29, 1.82) is 0 Å². The first-order valence-electron chi connectivity index (χ1n) is 7.06. The number of anilines is 2. The van der Waals surface area contributed by atoms with Crippen LogP contribution in [0, 0.1) is 0 Å². The van der Waals surface area contributed by atoms with E-state index in [1.807, 2.05) is 12.1 Å². The fourth-order valence-corrected chi connectivity index (χ4v) is 2.01. The van der Waals surface area contributed by atoms with Gasteiger partial charge in [0.1, 0.15) is 5.75 Å². The number of carbonyl (C=O) groups excluding carboxylic acids is 1. The maximum atomic E-state index is 12.4. The summed E-state index contributed by atoms with van der Waals surface area (Å²) in [4.78, 5) is 16.5. The third kappa shape index (κ3) is 4.22. The number of nitrogens with zero attached hydrogens (tertiary/aromatic N) is 1. The number of aromatic nitrogens is 1. The fraction of sp³-hybridized carbons (Fsp3) is 0.294. The second-order valence-corrected chi connectivity index (χ2v) is 5.99. The van der Waals surface area contributed by atoms with Crippen molar-refractivity contribution in [2.75, 3.05) is 17.7 Å². The van der Waals surface area contributed by atoms with Crippen LogP contribution >= 0.6 is 0 Å². The zero-order valence-corrected chi connectivity index (χ0v) is 13.3. The average molecular weight is 299 g/mol. The van der Waals surface area contributed by atoms with Gasteiger partial charge >= 0.3 is 0 Å². The Morgan fingerprint density at radius 3 is 2.59 bits per heavy atom. The van der Waals surface area contributed by atoms with Crippen LogP contribution in [-0.2, 0) is 0 Å². The van der Waals surface area contributed by atoms with Crippen molar-refractivity contribution >= 4 is 17.3 Å². The molecule has 0 saturated carbocycles. The molecule has 1 aromatic heterocycles. The Balaban J connectivity index is 2.18. The van der Waals surface area contributed by atoms with Crippen LogP contribution in [0.3, 0.4) is 0 Å². The molecule has 5 nitrogen and oxygen atoms in total. The summed E-state index contributed by atoms with van der Waals surface area (Å²) in [5.74, 6) is 0.391. The summed E-state index contributed by atoms with van der Waals surface area (Å²) in [6, 6.07) is 9.06. The molecule has 0 aliphatic carbocycles. The first-order chi connectivity index (χ1) is 10.4. The summed E-state index contributed by atoms with van der Waals surface area (Å²) in [6.45, 7) is 6.15. The molecule has 1 aromatic carbocycles. The highest BCUT2D eigenvalue weighted by atomic mass is 16.5. The summed E-state index contributed by atoms with van der Waals surface area (Å²) >= 11 is 0. The Morgan fingerprint density at radius 1 is 1.18 bits per heavy atom. The van der Waals surface area contributed by atoms with Crippen LogP contribution in [0.15, 0.2) is 42.7 Å². The van der Waals surface area contributed by atoms with Gasteiger partial charge in [0, 0.05) is 17.9 Å². The van der Waals surface area contributed by atoms with E-state index in [0.717, 1.165) is 5.69 Å². The van der Waals surface area contributed by atoms with Gasteiger partial charge in [0.05, 0.1) is 24.0 Å². The summed E-state index contributed by atoms with van der Waals surface area (Å²) < 4.78 is 5.23. The lowest BCUT2D eigenvalue weighted by molar-refractivity contribution is 0.102. The third-order valence-corrected chi connectivity index (χ3v) is 2.87. The number of benzene rings is 1. The van der Waals surface area contributed by atoms with Crippen molar-refractivity contribution in [3.05, 3.63) is 48.3 Å². The Bertz CT molecular complexity index is 663. The molecule has 0 aliphatic rings. The molecule has 1 heterocycles. The van der Waals surface area contributed by atoms with Crippen molar-refractivity contribution in [2.24, 2.45) is 0 Å².